The molecule has 1 fully saturated rings. The molecule has 1 aromatic carbocycles. The summed E-state index contributed by atoms with van der Waals surface area (Å²) in [7, 11) is 0. The third kappa shape index (κ3) is 2.33. The molecule has 0 unspecified atom stereocenters. The molecule has 3 atom stereocenters. The average molecular weight is 353 g/mol. The van der Waals surface area contributed by atoms with Crippen LogP contribution in [0.15, 0.2) is 30.5 Å². The first-order valence-electron chi connectivity index (χ1n) is 8.36. The summed E-state index contributed by atoms with van der Waals surface area (Å²) in [5.41, 5.74) is 1.82. The second kappa shape index (κ2) is 5.35. The zero-order chi connectivity index (χ0) is 17.8. The zero-order valence-corrected chi connectivity index (χ0v) is 13.6. The van der Waals surface area contributed by atoms with E-state index in [0.29, 0.717) is 30.2 Å². The molecule has 0 saturated heterocycles. The summed E-state index contributed by atoms with van der Waals surface area (Å²) in [6, 6.07) is 7.10. The van der Waals surface area contributed by atoms with Gasteiger partial charge in [-0.3, -0.25) is 4.79 Å². The summed E-state index contributed by atoms with van der Waals surface area (Å²) >= 11 is 0. The number of aromatic nitrogens is 1. The maximum atomic E-state index is 11.5. The highest BCUT2D eigenvalue weighted by atomic mass is 16.5. The Labute approximate surface area is 148 Å². The molecule has 5 rings (SSSR count). The van der Waals surface area contributed by atoms with Crippen LogP contribution in [0.3, 0.4) is 0 Å². The van der Waals surface area contributed by atoms with Crippen molar-refractivity contribution >= 4 is 17.8 Å². The number of rotatable bonds is 3. The quantitative estimate of drug-likeness (QED) is 0.781. The third-order valence-corrected chi connectivity index (χ3v) is 4.95. The molecule has 1 aliphatic carbocycles. The van der Waals surface area contributed by atoms with Crippen molar-refractivity contribution in [2.75, 3.05) is 5.32 Å². The number of benzene rings is 1. The second-order valence-corrected chi connectivity index (χ2v) is 6.57. The monoisotopic (exact) mass is 353 g/mol. The van der Waals surface area contributed by atoms with Gasteiger partial charge >= 0.3 is 6.09 Å². The van der Waals surface area contributed by atoms with E-state index in [0.717, 1.165) is 16.9 Å². The fraction of sp³-hybridized carbons (Fsp3) is 0.278. The summed E-state index contributed by atoms with van der Waals surface area (Å²) in [5.74, 6) is 2.57. The highest BCUT2D eigenvalue weighted by Gasteiger charge is 2.59. The lowest BCUT2D eigenvalue weighted by Gasteiger charge is -2.19. The molecular formula is C18H15N3O5. The van der Waals surface area contributed by atoms with E-state index < -0.39 is 6.09 Å². The Hall–Kier alpha value is -3.29. The van der Waals surface area contributed by atoms with Crippen molar-refractivity contribution in [1.29, 1.82) is 0 Å². The molecule has 0 bridgehead atoms. The largest absolute Gasteiger partial charge is 0.487 e. The second-order valence-electron chi connectivity index (χ2n) is 6.57. The van der Waals surface area contributed by atoms with Gasteiger partial charge in [0, 0.05) is 23.7 Å². The number of nitrogens with one attached hydrogen (secondary N) is 2. The van der Waals surface area contributed by atoms with Gasteiger partial charge in [0.05, 0.1) is 12.0 Å². The number of carbonyl (C=O) groups excluding carboxylic acids is 1. The van der Waals surface area contributed by atoms with Gasteiger partial charge in [-0.2, -0.15) is 0 Å². The van der Waals surface area contributed by atoms with E-state index in [2.05, 4.69) is 15.6 Å². The van der Waals surface area contributed by atoms with E-state index in [4.69, 9.17) is 14.6 Å². The molecule has 2 aliphatic heterocycles. The Kier molecular flexibility index (Phi) is 3.09. The van der Waals surface area contributed by atoms with Crippen LogP contribution in [0.2, 0.25) is 0 Å². The Morgan fingerprint density at radius 3 is 3.08 bits per heavy atom. The Morgan fingerprint density at radius 1 is 1.35 bits per heavy atom. The topological polar surface area (TPSA) is 110 Å². The number of pyridine rings is 1. The van der Waals surface area contributed by atoms with E-state index in [1.54, 1.807) is 12.3 Å². The maximum Gasteiger partial charge on any atom is 0.405 e. The lowest BCUT2D eigenvalue weighted by molar-refractivity contribution is -0.116. The number of ether oxygens (including phenoxy) is 2. The summed E-state index contributed by atoms with van der Waals surface area (Å²) < 4.78 is 11.8. The molecule has 3 heterocycles. The molecule has 1 aromatic heterocycles. The van der Waals surface area contributed by atoms with Crippen molar-refractivity contribution in [3.8, 4) is 17.2 Å². The predicted molar refractivity (Wildman–Crippen MR) is 89.8 cm³/mol. The van der Waals surface area contributed by atoms with Gasteiger partial charge in [0.2, 0.25) is 5.91 Å². The molecule has 1 saturated carbocycles. The van der Waals surface area contributed by atoms with Gasteiger partial charge in [-0.15, -0.1) is 0 Å². The Balaban J connectivity index is 1.40. The summed E-state index contributed by atoms with van der Waals surface area (Å²) in [4.78, 5) is 26.5. The molecule has 0 radical (unpaired) electrons. The SMILES string of the molecule is O=C(O)N[C@H]1[C@@H]2Oc3ccc(Oc4ccnc5c4CCC(=O)N5)cc3[C@H]12. The van der Waals surface area contributed by atoms with E-state index in [-0.39, 0.29) is 24.0 Å². The van der Waals surface area contributed by atoms with Crippen LogP contribution in [0, 0.1) is 0 Å². The zero-order valence-electron chi connectivity index (χ0n) is 13.6. The Bertz CT molecular complexity index is 944. The van der Waals surface area contributed by atoms with Crippen molar-refractivity contribution < 1.29 is 24.2 Å². The summed E-state index contributed by atoms with van der Waals surface area (Å²) in [6.45, 7) is 0. The fourth-order valence-corrected chi connectivity index (χ4v) is 3.70. The third-order valence-electron chi connectivity index (χ3n) is 4.95. The standard InChI is InChI=1S/C18H15N3O5/c22-13-4-2-9-12(5-6-19-17(9)20-13)25-8-1-3-11-10(7-8)14-15(16(14)26-11)21-18(23)24/h1,3,5-7,14-16,21H,2,4H2,(H,23,24)(H,19,20,22)/t14-,15-,16-/m1/s1. The van der Waals surface area contributed by atoms with Crippen LogP contribution in [-0.4, -0.2) is 34.2 Å². The van der Waals surface area contributed by atoms with Crippen LogP contribution >= 0.6 is 0 Å². The van der Waals surface area contributed by atoms with Crippen molar-refractivity contribution in [3.05, 3.63) is 41.6 Å². The molecule has 0 spiro atoms. The minimum Gasteiger partial charge on any atom is -0.487 e. The molecule has 26 heavy (non-hydrogen) atoms. The first-order chi connectivity index (χ1) is 12.6. The van der Waals surface area contributed by atoms with Crippen LogP contribution in [0.25, 0.3) is 0 Å². The smallest absolute Gasteiger partial charge is 0.405 e. The van der Waals surface area contributed by atoms with Crippen molar-refractivity contribution in [2.24, 2.45) is 0 Å². The van der Waals surface area contributed by atoms with E-state index in [9.17, 15) is 9.59 Å². The fourth-order valence-electron chi connectivity index (χ4n) is 3.70. The first kappa shape index (κ1) is 15.0. The molecule has 3 aliphatic rings. The maximum absolute atomic E-state index is 11.5. The number of fused-ring (bicyclic) bond motifs is 4. The van der Waals surface area contributed by atoms with Gasteiger partial charge in [-0.25, -0.2) is 9.78 Å². The molecule has 3 N–H and O–H groups in total. The number of amides is 2. The Morgan fingerprint density at radius 2 is 2.23 bits per heavy atom. The molecule has 2 amide bonds. The number of hydrogen-bond donors (Lipinski definition) is 3. The van der Waals surface area contributed by atoms with Crippen LogP contribution < -0.4 is 20.1 Å². The van der Waals surface area contributed by atoms with Crippen molar-refractivity contribution in [3.63, 3.8) is 0 Å². The molecule has 8 nitrogen and oxygen atoms in total. The average Bonchev–Trinajstić information content (AvgIpc) is 3.11. The first-order valence-corrected chi connectivity index (χ1v) is 8.36. The highest BCUT2D eigenvalue weighted by Crippen LogP contribution is 2.54. The van der Waals surface area contributed by atoms with Gasteiger partial charge < -0.3 is 25.2 Å². The molecule has 132 valence electrons. The minimum atomic E-state index is -1.05. The highest BCUT2D eigenvalue weighted by molar-refractivity contribution is 5.93. The number of anilines is 1. The van der Waals surface area contributed by atoms with Crippen molar-refractivity contribution in [2.45, 2.75) is 30.9 Å². The number of hydrogen-bond acceptors (Lipinski definition) is 5. The molecule has 2 aromatic rings. The lowest BCUT2D eigenvalue weighted by Crippen LogP contribution is -2.28. The van der Waals surface area contributed by atoms with E-state index in [1.807, 2.05) is 18.2 Å². The van der Waals surface area contributed by atoms with E-state index >= 15 is 0 Å². The summed E-state index contributed by atoms with van der Waals surface area (Å²) in [5, 5.41) is 14.1. The number of carboxylic acid groups (broad SMARTS) is 1. The number of carbonyl (C=O) groups is 2. The van der Waals surface area contributed by atoms with Gasteiger partial charge in [-0.1, -0.05) is 0 Å². The van der Waals surface area contributed by atoms with Crippen LogP contribution in [0.4, 0.5) is 10.6 Å². The lowest BCUT2D eigenvalue weighted by atomic mass is 10.1. The van der Waals surface area contributed by atoms with Gasteiger partial charge in [0.15, 0.2) is 0 Å². The van der Waals surface area contributed by atoms with Gasteiger partial charge in [-0.05, 0) is 30.7 Å². The van der Waals surface area contributed by atoms with Crippen molar-refractivity contribution in [1.82, 2.24) is 10.3 Å². The predicted octanol–water partition coefficient (Wildman–Crippen LogP) is 2.25. The number of nitrogens with zero attached hydrogens (tertiary/aromatic N) is 1. The minimum absolute atomic E-state index is 0.0234. The van der Waals surface area contributed by atoms with Crippen LogP contribution in [0.5, 0.6) is 17.2 Å². The van der Waals surface area contributed by atoms with Gasteiger partial charge in [0.1, 0.15) is 29.2 Å². The molecule has 8 heteroatoms. The molecular weight excluding hydrogens is 338 g/mol. The normalized spacial score (nSPS) is 24.5. The van der Waals surface area contributed by atoms with Crippen LogP contribution in [-0.2, 0) is 11.2 Å². The van der Waals surface area contributed by atoms with Crippen LogP contribution in [0.1, 0.15) is 23.5 Å². The summed E-state index contributed by atoms with van der Waals surface area (Å²) in [6.07, 6.45) is 1.39. The van der Waals surface area contributed by atoms with Gasteiger partial charge in [0.25, 0.3) is 0 Å². The van der Waals surface area contributed by atoms with E-state index in [1.165, 1.54) is 0 Å².